The average molecular weight is 281 g/mol. The fraction of sp³-hybridized carbons (Fsp3) is 0.333. The van der Waals surface area contributed by atoms with Crippen LogP contribution >= 0.6 is 0 Å². The van der Waals surface area contributed by atoms with E-state index >= 15 is 0 Å². The molecule has 0 aliphatic rings. The van der Waals surface area contributed by atoms with Crippen molar-refractivity contribution >= 4 is 16.7 Å². The molecule has 0 saturated heterocycles. The van der Waals surface area contributed by atoms with Gasteiger partial charge in [-0.25, -0.2) is 4.98 Å². The smallest absolute Gasteiger partial charge is 0.292 e. The van der Waals surface area contributed by atoms with Gasteiger partial charge in [-0.15, -0.1) is 0 Å². The van der Waals surface area contributed by atoms with Crippen molar-refractivity contribution in [3.05, 3.63) is 41.6 Å². The lowest BCUT2D eigenvalue weighted by molar-refractivity contribution is -0.135. The maximum atomic E-state index is 12.1. The molecule has 2 aromatic rings. The molecule has 0 amide bonds. The Labute approximate surface area is 114 Å². The number of carbonyl (C=O) groups excluding carboxylic acids is 1. The number of halogens is 3. The zero-order chi connectivity index (χ0) is 14.8. The number of ketones is 1. The number of hydrogen-bond acceptors (Lipinski definition) is 2. The van der Waals surface area contributed by atoms with E-state index in [4.69, 9.17) is 0 Å². The number of benzene rings is 1. The topological polar surface area (TPSA) is 30.0 Å². The predicted molar refractivity (Wildman–Crippen MR) is 70.7 cm³/mol. The second-order valence-electron chi connectivity index (χ2n) is 4.73. The molecule has 0 aliphatic carbocycles. The molecule has 0 aliphatic heterocycles. The van der Waals surface area contributed by atoms with E-state index < -0.39 is 12.6 Å². The number of fused-ring (bicyclic) bond motifs is 1. The molecule has 20 heavy (non-hydrogen) atoms. The lowest BCUT2D eigenvalue weighted by Crippen LogP contribution is -2.09. The van der Waals surface area contributed by atoms with Gasteiger partial charge in [0, 0.05) is 18.2 Å². The molecule has 1 aromatic carbocycles. The third-order valence-corrected chi connectivity index (χ3v) is 3.07. The van der Waals surface area contributed by atoms with Gasteiger partial charge in [-0.05, 0) is 31.0 Å². The van der Waals surface area contributed by atoms with E-state index in [2.05, 4.69) is 4.98 Å². The van der Waals surface area contributed by atoms with Crippen molar-refractivity contribution in [1.82, 2.24) is 4.98 Å². The Balaban J connectivity index is 2.14. The Morgan fingerprint density at radius 3 is 2.65 bits per heavy atom. The van der Waals surface area contributed by atoms with Crippen LogP contribution in [-0.4, -0.2) is 16.9 Å². The van der Waals surface area contributed by atoms with Crippen molar-refractivity contribution < 1.29 is 18.0 Å². The van der Waals surface area contributed by atoms with Crippen LogP contribution < -0.4 is 0 Å². The molecule has 0 bridgehead atoms. The highest BCUT2D eigenvalue weighted by Crippen LogP contribution is 2.23. The second kappa shape index (κ2) is 5.61. The third-order valence-electron chi connectivity index (χ3n) is 3.07. The molecule has 2 nitrogen and oxygen atoms in total. The molecule has 0 spiro atoms. The van der Waals surface area contributed by atoms with Gasteiger partial charge >= 0.3 is 6.18 Å². The Bertz CT molecular complexity index is 635. The summed E-state index contributed by atoms with van der Waals surface area (Å²) in [7, 11) is 0. The van der Waals surface area contributed by atoms with Gasteiger partial charge in [0.25, 0.3) is 0 Å². The molecule has 0 fully saturated rings. The van der Waals surface area contributed by atoms with Gasteiger partial charge < -0.3 is 0 Å². The zero-order valence-corrected chi connectivity index (χ0v) is 11.0. The predicted octanol–water partition coefficient (Wildman–Crippen LogP) is 4.46. The van der Waals surface area contributed by atoms with Gasteiger partial charge in [-0.2, -0.15) is 13.2 Å². The number of nitrogens with zero attached hydrogens (tertiary/aromatic N) is 1. The molecular weight excluding hydrogens is 267 g/mol. The highest BCUT2D eigenvalue weighted by Gasteiger charge is 2.26. The molecular formula is C15H14F3NO. The van der Waals surface area contributed by atoms with Crippen molar-refractivity contribution in [1.29, 1.82) is 0 Å². The van der Waals surface area contributed by atoms with Crippen LogP contribution in [0, 0.1) is 6.92 Å². The minimum Gasteiger partial charge on any atom is -0.292 e. The Morgan fingerprint density at radius 1 is 1.25 bits per heavy atom. The zero-order valence-electron chi connectivity index (χ0n) is 11.0. The van der Waals surface area contributed by atoms with E-state index in [9.17, 15) is 18.0 Å². The summed E-state index contributed by atoms with van der Waals surface area (Å²) in [4.78, 5) is 16.1. The Hall–Kier alpha value is -1.91. The number of hydrogen-bond donors (Lipinski definition) is 0. The summed E-state index contributed by atoms with van der Waals surface area (Å²) in [6, 6.07) is 9.01. The normalized spacial score (nSPS) is 11.8. The molecule has 1 heterocycles. The van der Waals surface area contributed by atoms with Crippen molar-refractivity contribution in [2.24, 2.45) is 0 Å². The average Bonchev–Trinajstić information content (AvgIpc) is 2.37. The highest BCUT2D eigenvalue weighted by atomic mass is 19.4. The van der Waals surface area contributed by atoms with Crippen LogP contribution in [0.2, 0.25) is 0 Å². The lowest BCUT2D eigenvalue weighted by Gasteiger charge is -2.07. The molecule has 0 radical (unpaired) electrons. The maximum absolute atomic E-state index is 12.1. The Morgan fingerprint density at radius 2 is 1.95 bits per heavy atom. The van der Waals surface area contributed by atoms with Gasteiger partial charge in [-0.3, -0.25) is 4.79 Å². The van der Waals surface area contributed by atoms with Crippen molar-refractivity contribution in [2.45, 2.75) is 32.4 Å². The van der Waals surface area contributed by atoms with Crippen LogP contribution in [-0.2, 0) is 0 Å². The van der Waals surface area contributed by atoms with E-state index in [0.717, 1.165) is 10.9 Å². The monoisotopic (exact) mass is 281 g/mol. The molecule has 1 aromatic heterocycles. The summed E-state index contributed by atoms with van der Waals surface area (Å²) in [5, 5.41) is 0.944. The first kappa shape index (κ1) is 14.5. The van der Waals surface area contributed by atoms with Crippen LogP contribution in [0.5, 0.6) is 0 Å². The molecule has 0 N–H and O–H groups in total. The van der Waals surface area contributed by atoms with E-state index in [0.29, 0.717) is 5.52 Å². The van der Waals surface area contributed by atoms with Gasteiger partial charge in [-0.1, -0.05) is 18.2 Å². The first-order valence-corrected chi connectivity index (χ1v) is 6.33. The molecule has 2 rings (SSSR count). The Kier molecular flexibility index (Phi) is 4.06. The highest BCUT2D eigenvalue weighted by molar-refractivity contribution is 5.97. The number of aryl methyl sites for hydroxylation is 1. The minimum atomic E-state index is -4.22. The van der Waals surface area contributed by atoms with Crippen LogP contribution in [0.4, 0.5) is 13.2 Å². The first-order chi connectivity index (χ1) is 9.37. The van der Waals surface area contributed by atoms with Crippen LogP contribution in [0.1, 0.15) is 35.3 Å². The van der Waals surface area contributed by atoms with Gasteiger partial charge in [0.2, 0.25) is 0 Å². The van der Waals surface area contributed by atoms with Crippen molar-refractivity contribution in [3.8, 4) is 0 Å². The first-order valence-electron chi connectivity index (χ1n) is 6.33. The number of rotatable bonds is 4. The van der Waals surface area contributed by atoms with E-state index in [-0.39, 0.29) is 24.3 Å². The molecule has 0 unspecified atom stereocenters. The summed E-state index contributed by atoms with van der Waals surface area (Å²) in [6.45, 7) is 1.86. The number of aromatic nitrogens is 1. The lowest BCUT2D eigenvalue weighted by atomic mass is 10.0. The summed E-state index contributed by atoms with van der Waals surface area (Å²) in [6.07, 6.45) is -5.49. The van der Waals surface area contributed by atoms with E-state index in [1.807, 2.05) is 25.1 Å². The fourth-order valence-electron chi connectivity index (χ4n) is 2.07. The third kappa shape index (κ3) is 3.56. The van der Waals surface area contributed by atoms with Gasteiger partial charge in [0.15, 0.2) is 5.78 Å². The number of Topliss-reactive ketones (excluding diaryl/α,β-unsaturated/α-hetero) is 1. The van der Waals surface area contributed by atoms with Crippen LogP contribution in [0.3, 0.4) is 0 Å². The van der Waals surface area contributed by atoms with Gasteiger partial charge in [0.05, 0.1) is 5.52 Å². The SMILES string of the molecule is Cc1cc(C(=O)CCCC(F)(F)F)nc2ccccc12. The summed E-state index contributed by atoms with van der Waals surface area (Å²) in [5.41, 5.74) is 1.82. The summed E-state index contributed by atoms with van der Waals surface area (Å²) < 4.78 is 36.2. The number of alkyl halides is 3. The molecule has 0 atom stereocenters. The molecule has 0 saturated carbocycles. The summed E-state index contributed by atoms with van der Waals surface area (Å²) in [5.74, 6) is -0.344. The van der Waals surface area contributed by atoms with E-state index in [1.54, 1.807) is 12.1 Å². The number of pyridine rings is 1. The van der Waals surface area contributed by atoms with Gasteiger partial charge in [0.1, 0.15) is 5.69 Å². The quantitative estimate of drug-likeness (QED) is 0.774. The van der Waals surface area contributed by atoms with E-state index in [1.165, 1.54) is 0 Å². The summed E-state index contributed by atoms with van der Waals surface area (Å²) >= 11 is 0. The maximum Gasteiger partial charge on any atom is 0.389 e. The second-order valence-corrected chi connectivity index (χ2v) is 4.73. The van der Waals surface area contributed by atoms with Crippen molar-refractivity contribution in [2.75, 3.05) is 0 Å². The standard InChI is InChI=1S/C15H14F3NO/c1-10-9-13(14(20)7-4-8-15(16,17)18)19-12-6-3-2-5-11(10)12/h2-3,5-6,9H,4,7-8H2,1H3. The fourth-order valence-corrected chi connectivity index (χ4v) is 2.07. The van der Waals surface area contributed by atoms with Crippen LogP contribution in [0.25, 0.3) is 10.9 Å². The molecule has 5 heteroatoms. The van der Waals surface area contributed by atoms with Crippen molar-refractivity contribution in [3.63, 3.8) is 0 Å². The number of para-hydroxylation sites is 1. The number of carbonyl (C=O) groups is 1. The largest absolute Gasteiger partial charge is 0.389 e. The molecule has 106 valence electrons. The minimum absolute atomic E-state index is 0.135. The van der Waals surface area contributed by atoms with Crippen LogP contribution in [0.15, 0.2) is 30.3 Å².